The monoisotopic (exact) mass is 191 g/mol. The van der Waals surface area contributed by atoms with Crippen LogP contribution in [0.2, 0.25) is 0 Å². The minimum atomic E-state index is -0.182. The lowest BCUT2D eigenvalue weighted by atomic mass is 9.84. The highest BCUT2D eigenvalue weighted by Crippen LogP contribution is 2.31. The molecule has 2 heteroatoms. The molecular weight excluding hydrogens is 174 g/mol. The molecule has 0 amide bonds. The van der Waals surface area contributed by atoms with Crippen LogP contribution in [0.1, 0.15) is 42.9 Å². The maximum Gasteiger partial charge on any atom is 0.0623 e. The minimum absolute atomic E-state index is 0.182. The topological polar surface area (TPSA) is 33.1 Å². The van der Waals surface area contributed by atoms with E-state index in [4.69, 9.17) is 0 Å². The molecule has 0 aromatic carbocycles. The van der Waals surface area contributed by atoms with Crippen LogP contribution in [0.4, 0.5) is 0 Å². The lowest BCUT2D eigenvalue weighted by Crippen LogP contribution is -2.23. The molecule has 0 radical (unpaired) electrons. The van der Waals surface area contributed by atoms with Crippen molar-refractivity contribution in [1.82, 2.24) is 4.98 Å². The maximum atomic E-state index is 9.87. The molecule has 2 atom stereocenters. The van der Waals surface area contributed by atoms with Crippen molar-refractivity contribution >= 4 is 0 Å². The second-order valence-electron chi connectivity index (χ2n) is 4.22. The van der Waals surface area contributed by atoms with E-state index < -0.39 is 0 Å². The summed E-state index contributed by atoms with van der Waals surface area (Å²) < 4.78 is 0. The molecule has 2 rings (SSSR count). The van der Waals surface area contributed by atoms with Crippen LogP contribution in [0.15, 0.2) is 18.3 Å². The number of rotatable bonds is 1. The molecule has 1 aliphatic rings. The zero-order valence-electron chi connectivity index (χ0n) is 8.61. The van der Waals surface area contributed by atoms with Crippen LogP contribution < -0.4 is 0 Å². The van der Waals surface area contributed by atoms with Gasteiger partial charge in [-0.3, -0.25) is 4.98 Å². The Morgan fingerprint density at radius 1 is 1.36 bits per heavy atom. The molecule has 14 heavy (non-hydrogen) atoms. The summed E-state index contributed by atoms with van der Waals surface area (Å²) in [6, 6.07) is 4.10. The van der Waals surface area contributed by atoms with Gasteiger partial charge >= 0.3 is 0 Å². The van der Waals surface area contributed by atoms with Gasteiger partial charge in [0.25, 0.3) is 0 Å². The number of nitrogens with zero attached hydrogens (tertiary/aromatic N) is 1. The molecule has 0 saturated heterocycles. The van der Waals surface area contributed by atoms with E-state index in [0.717, 1.165) is 25.0 Å². The van der Waals surface area contributed by atoms with Gasteiger partial charge in [-0.25, -0.2) is 0 Å². The van der Waals surface area contributed by atoms with Gasteiger partial charge in [0.1, 0.15) is 0 Å². The van der Waals surface area contributed by atoms with Crippen molar-refractivity contribution in [3.05, 3.63) is 29.6 Å². The standard InChI is InChI=1S/C12H17NO/c1-9-6-7-13-11(8-9)10-4-2-3-5-12(10)14/h6-8,10,12,14H,2-5H2,1H3. The van der Waals surface area contributed by atoms with Gasteiger partial charge in [0.2, 0.25) is 0 Å². The molecule has 1 aliphatic carbocycles. The quantitative estimate of drug-likeness (QED) is 0.739. The summed E-state index contributed by atoms with van der Waals surface area (Å²) in [6.45, 7) is 2.07. The lowest BCUT2D eigenvalue weighted by Gasteiger charge is -2.27. The Labute approximate surface area is 85.0 Å². The Kier molecular flexibility index (Phi) is 2.82. The second kappa shape index (κ2) is 4.09. The van der Waals surface area contributed by atoms with Crippen molar-refractivity contribution in [3.8, 4) is 0 Å². The molecule has 2 nitrogen and oxygen atoms in total. The fourth-order valence-corrected chi connectivity index (χ4v) is 2.22. The normalized spacial score (nSPS) is 27.6. The summed E-state index contributed by atoms with van der Waals surface area (Å²) in [6.07, 6.45) is 6.04. The molecule has 0 spiro atoms. The summed E-state index contributed by atoms with van der Waals surface area (Å²) >= 11 is 0. The van der Waals surface area contributed by atoms with Crippen molar-refractivity contribution < 1.29 is 5.11 Å². The van der Waals surface area contributed by atoms with Gasteiger partial charge in [-0.15, -0.1) is 0 Å². The SMILES string of the molecule is Cc1ccnc(C2CCCCC2O)c1. The van der Waals surface area contributed by atoms with E-state index in [1.165, 1.54) is 12.0 Å². The molecule has 1 N–H and O–H groups in total. The maximum absolute atomic E-state index is 9.87. The third-order valence-electron chi connectivity index (χ3n) is 3.05. The Morgan fingerprint density at radius 3 is 2.86 bits per heavy atom. The molecule has 0 aliphatic heterocycles. The first kappa shape index (κ1) is 9.66. The van der Waals surface area contributed by atoms with Crippen LogP contribution in [0.5, 0.6) is 0 Å². The first-order valence-corrected chi connectivity index (χ1v) is 5.38. The van der Waals surface area contributed by atoms with E-state index >= 15 is 0 Å². The van der Waals surface area contributed by atoms with Gasteiger partial charge in [-0.05, 0) is 37.5 Å². The number of aliphatic hydroxyl groups is 1. The average Bonchev–Trinajstić information content (AvgIpc) is 2.18. The van der Waals surface area contributed by atoms with E-state index in [2.05, 4.69) is 18.0 Å². The predicted molar refractivity (Wildman–Crippen MR) is 56.2 cm³/mol. The van der Waals surface area contributed by atoms with Crippen LogP contribution in [-0.4, -0.2) is 16.2 Å². The van der Waals surface area contributed by atoms with Crippen molar-refractivity contribution in [2.45, 2.75) is 44.6 Å². The predicted octanol–water partition coefficient (Wildman–Crippen LogP) is 2.41. The van der Waals surface area contributed by atoms with Gasteiger partial charge < -0.3 is 5.11 Å². The van der Waals surface area contributed by atoms with Gasteiger partial charge in [-0.1, -0.05) is 12.8 Å². The van der Waals surface area contributed by atoms with Crippen molar-refractivity contribution in [2.24, 2.45) is 0 Å². The third-order valence-corrected chi connectivity index (χ3v) is 3.05. The number of aliphatic hydroxyl groups excluding tert-OH is 1. The van der Waals surface area contributed by atoms with Gasteiger partial charge in [-0.2, -0.15) is 0 Å². The third kappa shape index (κ3) is 1.95. The second-order valence-corrected chi connectivity index (χ2v) is 4.22. The Balaban J connectivity index is 2.20. The largest absolute Gasteiger partial charge is 0.392 e. The Hall–Kier alpha value is -0.890. The minimum Gasteiger partial charge on any atom is -0.392 e. The zero-order chi connectivity index (χ0) is 9.97. The highest BCUT2D eigenvalue weighted by Gasteiger charge is 2.25. The molecule has 2 unspecified atom stereocenters. The first-order chi connectivity index (χ1) is 6.77. The van der Waals surface area contributed by atoms with Crippen LogP contribution in [-0.2, 0) is 0 Å². The number of aryl methyl sites for hydroxylation is 1. The first-order valence-electron chi connectivity index (χ1n) is 5.38. The summed E-state index contributed by atoms with van der Waals surface area (Å²) in [7, 11) is 0. The average molecular weight is 191 g/mol. The van der Waals surface area contributed by atoms with Crippen LogP contribution in [0.3, 0.4) is 0 Å². The van der Waals surface area contributed by atoms with Crippen LogP contribution >= 0.6 is 0 Å². The Bertz CT molecular complexity index is 311. The van der Waals surface area contributed by atoms with Gasteiger partial charge in [0.15, 0.2) is 0 Å². The summed E-state index contributed by atoms with van der Waals surface area (Å²) in [5.41, 5.74) is 2.30. The molecule has 1 aromatic heterocycles. The summed E-state index contributed by atoms with van der Waals surface area (Å²) in [5, 5.41) is 9.87. The molecule has 1 saturated carbocycles. The van der Waals surface area contributed by atoms with Crippen molar-refractivity contribution in [3.63, 3.8) is 0 Å². The summed E-state index contributed by atoms with van der Waals surface area (Å²) in [5.74, 6) is 0.267. The molecule has 1 fully saturated rings. The van der Waals surface area contributed by atoms with E-state index in [-0.39, 0.29) is 12.0 Å². The number of hydrogen-bond donors (Lipinski definition) is 1. The number of hydrogen-bond acceptors (Lipinski definition) is 2. The van der Waals surface area contributed by atoms with Crippen LogP contribution in [0.25, 0.3) is 0 Å². The van der Waals surface area contributed by atoms with E-state index in [0.29, 0.717) is 0 Å². The molecule has 1 heterocycles. The fraction of sp³-hybridized carbons (Fsp3) is 0.583. The van der Waals surface area contributed by atoms with Gasteiger partial charge in [0, 0.05) is 17.8 Å². The molecule has 0 bridgehead atoms. The van der Waals surface area contributed by atoms with E-state index in [1.54, 1.807) is 0 Å². The fourth-order valence-electron chi connectivity index (χ4n) is 2.22. The van der Waals surface area contributed by atoms with Gasteiger partial charge in [0.05, 0.1) is 6.10 Å². The van der Waals surface area contributed by atoms with Crippen molar-refractivity contribution in [2.75, 3.05) is 0 Å². The summed E-state index contributed by atoms with van der Waals surface area (Å²) in [4.78, 5) is 4.35. The lowest BCUT2D eigenvalue weighted by molar-refractivity contribution is 0.104. The van der Waals surface area contributed by atoms with Crippen molar-refractivity contribution in [1.29, 1.82) is 0 Å². The van der Waals surface area contributed by atoms with E-state index in [1.807, 2.05) is 12.3 Å². The van der Waals surface area contributed by atoms with Crippen LogP contribution in [0, 0.1) is 6.92 Å². The number of aromatic nitrogens is 1. The molecule has 1 aromatic rings. The zero-order valence-corrected chi connectivity index (χ0v) is 8.61. The Morgan fingerprint density at radius 2 is 2.14 bits per heavy atom. The number of pyridine rings is 1. The highest BCUT2D eigenvalue weighted by atomic mass is 16.3. The molecule has 76 valence electrons. The van der Waals surface area contributed by atoms with E-state index in [9.17, 15) is 5.11 Å². The highest BCUT2D eigenvalue weighted by molar-refractivity contribution is 5.19. The smallest absolute Gasteiger partial charge is 0.0623 e. The molecular formula is C12H17NO.